The van der Waals surface area contributed by atoms with Gasteiger partial charge in [-0.3, -0.25) is 4.90 Å². The van der Waals surface area contributed by atoms with Crippen LogP contribution in [-0.2, 0) is 11.8 Å². The zero-order chi connectivity index (χ0) is 26.8. The lowest BCUT2D eigenvalue weighted by Crippen LogP contribution is -2.78. The Bertz CT molecular complexity index is 1260. The van der Waals surface area contributed by atoms with Crippen LogP contribution in [0.15, 0.2) is 36.4 Å². The van der Waals surface area contributed by atoms with Crippen molar-refractivity contribution in [1.29, 1.82) is 0 Å². The Morgan fingerprint density at radius 1 is 1.05 bits per heavy atom. The van der Waals surface area contributed by atoms with E-state index in [1.165, 1.54) is 42.7 Å². The van der Waals surface area contributed by atoms with Crippen molar-refractivity contribution >= 4 is 11.9 Å². The second kappa shape index (κ2) is 8.97. The van der Waals surface area contributed by atoms with Crippen molar-refractivity contribution in [3.05, 3.63) is 58.7 Å². The number of likely N-dealkylation sites (N-methyl/N-ethyl adjacent to an activating group) is 1. The predicted molar refractivity (Wildman–Crippen MR) is 138 cm³/mol. The molecule has 2 saturated carbocycles. The van der Waals surface area contributed by atoms with E-state index in [-0.39, 0.29) is 40.5 Å². The second-order valence-electron chi connectivity index (χ2n) is 11.4. The van der Waals surface area contributed by atoms with Gasteiger partial charge in [-0.1, -0.05) is 18.2 Å². The summed E-state index contributed by atoms with van der Waals surface area (Å²) in [4.78, 5) is 23.5. The lowest BCUT2D eigenvalue weighted by Gasteiger charge is -2.64. The van der Waals surface area contributed by atoms with Gasteiger partial charge in [0.05, 0.1) is 22.1 Å². The van der Waals surface area contributed by atoms with E-state index < -0.39 is 17.5 Å². The third kappa shape index (κ3) is 3.56. The summed E-state index contributed by atoms with van der Waals surface area (Å²) in [6, 6.07) is 9.70. The van der Waals surface area contributed by atoms with Gasteiger partial charge in [-0.2, -0.15) is 0 Å². The van der Waals surface area contributed by atoms with Gasteiger partial charge in [0.25, 0.3) is 0 Å². The van der Waals surface area contributed by atoms with Crippen molar-refractivity contribution in [3.8, 4) is 11.5 Å². The van der Waals surface area contributed by atoms with Gasteiger partial charge in [0.15, 0.2) is 11.5 Å². The molecule has 3 aliphatic carbocycles. The summed E-state index contributed by atoms with van der Waals surface area (Å²) < 4.78 is 6.42. The van der Waals surface area contributed by atoms with Crippen LogP contribution in [0.25, 0.3) is 0 Å². The fourth-order valence-electron chi connectivity index (χ4n) is 7.63. The molecule has 2 aromatic carbocycles. The number of likely N-dealkylation sites (tertiary alicyclic amines) is 1. The van der Waals surface area contributed by atoms with Crippen LogP contribution in [0.3, 0.4) is 0 Å². The lowest BCUT2D eigenvalue weighted by atomic mass is 9.48. The van der Waals surface area contributed by atoms with Crippen molar-refractivity contribution < 1.29 is 34.8 Å². The number of phenolic OH excluding ortho intramolecular Hbond substituents is 1. The first-order valence-electron chi connectivity index (χ1n) is 13.4. The average Bonchev–Trinajstić information content (AvgIpc) is 3.64. The molecule has 2 aromatic rings. The van der Waals surface area contributed by atoms with Crippen LogP contribution in [0.4, 0.5) is 0 Å². The molecule has 2 heterocycles. The minimum atomic E-state index is -1.23. The van der Waals surface area contributed by atoms with Crippen molar-refractivity contribution in [3.63, 3.8) is 0 Å². The van der Waals surface area contributed by atoms with E-state index in [1.54, 1.807) is 6.07 Å². The highest BCUT2D eigenvalue weighted by molar-refractivity contribution is 6.01. The normalized spacial score (nSPS) is 32.4. The molecule has 38 heavy (non-hydrogen) atoms. The Kier molecular flexibility index (Phi) is 5.93. The minimum Gasteiger partial charge on any atom is -0.504 e. The summed E-state index contributed by atoms with van der Waals surface area (Å²) in [5.74, 6) is -0.763. The Balaban J connectivity index is 0.000000187. The van der Waals surface area contributed by atoms with E-state index in [1.807, 2.05) is 7.05 Å². The Morgan fingerprint density at radius 3 is 2.34 bits per heavy atom. The molecule has 202 valence electrons. The molecule has 3 fully saturated rings. The number of ether oxygens (including phenoxy) is 1. The molecule has 5 aliphatic rings. The first-order chi connectivity index (χ1) is 18.2. The molecule has 1 spiro atoms. The van der Waals surface area contributed by atoms with Crippen molar-refractivity contribution in [2.45, 2.75) is 67.7 Å². The van der Waals surface area contributed by atoms with Crippen molar-refractivity contribution in [2.24, 2.45) is 5.92 Å². The summed E-state index contributed by atoms with van der Waals surface area (Å²) in [5.41, 5.74) is 0.865. The maximum atomic E-state index is 12.2. The maximum absolute atomic E-state index is 12.2. The molecule has 5 atom stereocenters. The average molecular weight is 523 g/mol. The number of hydrogen-bond donors (Lipinski definition) is 5. The van der Waals surface area contributed by atoms with Crippen LogP contribution in [0.5, 0.6) is 11.5 Å². The summed E-state index contributed by atoms with van der Waals surface area (Å²) in [6.07, 6.45) is 6.09. The molecule has 5 N–H and O–H groups in total. The van der Waals surface area contributed by atoms with Gasteiger partial charge >= 0.3 is 11.9 Å². The van der Waals surface area contributed by atoms with E-state index in [0.717, 1.165) is 50.3 Å². The monoisotopic (exact) mass is 522 g/mol. The first-order valence-corrected chi connectivity index (χ1v) is 13.4. The fourth-order valence-corrected chi connectivity index (χ4v) is 7.63. The minimum absolute atomic E-state index is 0.0980. The molecule has 1 saturated heterocycles. The smallest absolute Gasteiger partial charge is 0.336 e. The molecular weight excluding hydrogens is 488 g/mol. The van der Waals surface area contributed by atoms with Gasteiger partial charge in [0.2, 0.25) is 0 Å². The molecule has 2 aliphatic heterocycles. The zero-order valence-electron chi connectivity index (χ0n) is 21.4. The number of carbonyl (C=O) groups is 2. The Morgan fingerprint density at radius 2 is 1.74 bits per heavy atom. The molecule has 0 aromatic heterocycles. The SMILES string of the molecule is CN[C@@H]1CC[C@@]2(O)[C@H]3Cc4ccc(O)c5c4[C@@]2(CCN3CC2CC2)[C@H]1O5.O=C(O)c1ccccc1C(=O)O. The fraction of sp³-hybridized carbons (Fsp3) is 0.517. The van der Waals surface area contributed by atoms with Gasteiger partial charge in [0.1, 0.15) is 6.10 Å². The molecule has 0 radical (unpaired) electrons. The number of carboxylic acids is 2. The van der Waals surface area contributed by atoms with Crippen LogP contribution in [0.2, 0.25) is 0 Å². The number of phenols is 1. The van der Waals surface area contributed by atoms with Crippen LogP contribution in [0.1, 0.15) is 63.9 Å². The van der Waals surface area contributed by atoms with Crippen molar-refractivity contribution in [2.75, 3.05) is 20.1 Å². The molecule has 2 bridgehead atoms. The van der Waals surface area contributed by atoms with E-state index in [9.17, 15) is 19.8 Å². The summed E-state index contributed by atoms with van der Waals surface area (Å²) in [5, 5.41) is 43.2. The summed E-state index contributed by atoms with van der Waals surface area (Å²) in [6.45, 7) is 2.15. The highest BCUT2D eigenvalue weighted by Crippen LogP contribution is 2.65. The maximum Gasteiger partial charge on any atom is 0.336 e. The number of carboxylic acid groups (broad SMARTS) is 2. The largest absolute Gasteiger partial charge is 0.504 e. The van der Waals surface area contributed by atoms with Crippen LogP contribution in [-0.4, -0.2) is 81.2 Å². The van der Waals surface area contributed by atoms with Crippen molar-refractivity contribution in [1.82, 2.24) is 10.2 Å². The zero-order valence-corrected chi connectivity index (χ0v) is 21.4. The first kappa shape index (κ1) is 25.2. The number of nitrogens with zero attached hydrogens (tertiary/aromatic N) is 1. The molecule has 9 nitrogen and oxygen atoms in total. The molecule has 0 unspecified atom stereocenters. The van der Waals surface area contributed by atoms with Gasteiger partial charge in [0, 0.05) is 24.2 Å². The molecule has 9 heteroatoms. The van der Waals surface area contributed by atoms with E-state index in [2.05, 4.69) is 16.3 Å². The number of aromatic carboxylic acids is 2. The standard InChI is InChI=1S/C21H28N2O3.C8H6O4/c1-22-14-6-7-21(25)16-10-13-4-5-15(24)18-17(13)20(21,19(14)26-18)8-9-23(16)11-12-2-3-12;9-7(10)5-3-1-2-4-6(5)8(11)12/h4-5,12,14,16,19,22,24-25H,2-3,6-11H2,1H3;1-4H,(H,9,10)(H,11,12)/t14-,16-,19+,20+,21-;/m1./s1. The summed E-state index contributed by atoms with van der Waals surface area (Å²) >= 11 is 0. The topological polar surface area (TPSA) is 140 Å². The van der Waals surface area contributed by atoms with Crippen LogP contribution in [0, 0.1) is 5.92 Å². The van der Waals surface area contributed by atoms with Gasteiger partial charge in [-0.05, 0) is 81.8 Å². The van der Waals surface area contributed by atoms with E-state index in [0.29, 0.717) is 5.75 Å². The number of aromatic hydroxyl groups is 1. The third-order valence-corrected chi connectivity index (χ3v) is 9.52. The number of hydrogen-bond acceptors (Lipinski definition) is 7. The van der Waals surface area contributed by atoms with Gasteiger partial charge < -0.3 is 30.5 Å². The molecule has 7 rings (SSSR count). The van der Waals surface area contributed by atoms with Gasteiger partial charge in [-0.25, -0.2) is 9.59 Å². The Hall–Kier alpha value is -3.14. The van der Waals surface area contributed by atoms with Gasteiger partial charge in [-0.15, -0.1) is 0 Å². The number of aliphatic hydroxyl groups is 1. The Labute approximate surface area is 221 Å². The highest BCUT2D eigenvalue weighted by Gasteiger charge is 2.72. The van der Waals surface area contributed by atoms with Crippen LogP contribution >= 0.6 is 0 Å². The predicted octanol–water partition coefficient (Wildman–Crippen LogP) is 2.63. The number of rotatable bonds is 5. The summed E-state index contributed by atoms with van der Waals surface area (Å²) in [7, 11) is 1.99. The quantitative estimate of drug-likeness (QED) is 0.401. The number of piperidine rings is 1. The second-order valence-corrected chi connectivity index (χ2v) is 11.4. The molecular formula is C29H34N2O7. The highest BCUT2D eigenvalue weighted by atomic mass is 16.5. The number of benzene rings is 2. The lowest BCUT2D eigenvalue weighted by molar-refractivity contribution is -0.191. The van der Waals surface area contributed by atoms with E-state index >= 15 is 0 Å². The molecule has 0 amide bonds. The van der Waals surface area contributed by atoms with Crippen LogP contribution < -0.4 is 10.1 Å². The third-order valence-electron chi connectivity index (χ3n) is 9.52. The van der Waals surface area contributed by atoms with E-state index in [4.69, 9.17) is 14.9 Å². The number of nitrogens with one attached hydrogen (secondary N) is 1.